The molecule has 6 rings (SSSR count). The van der Waals surface area contributed by atoms with Crippen LogP contribution in [0.25, 0.3) is 12.2 Å². The van der Waals surface area contributed by atoms with Crippen molar-refractivity contribution in [2.75, 3.05) is 23.7 Å². The maximum atomic E-state index is 13.0. The molecule has 2 aliphatic heterocycles. The third-order valence-corrected chi connectivity index (χ3v) is 7.91. The molecule has 0 bridgehead atoms. The van der Waals surface area contributed by atoms with Gasteiger partial charge in [0.15, 0.2) is 0 Å². The van der Waals surface area contributed by atoms with E-state index in [1.807, 2.05) is 60.7 Å². The summed E-state index contributed by atoms with van der Waals surface area (Å²) < 4.78 is 0. The predicted octanol–water partition coefficient (Wildman–Crippen LogP) is 3.79. The summed E-state index contributed by atoms with van der Waals surface area (Å²) in [6.45, 7) is 1.06. The highest BCUT2D eigenvalue weighted by Gasteiger charge is 2.36. The van der Waals surface area contributed by atoms with E-state index in [4.69, 9.17) is 0 Å². The summed E-state index contributed by atoms with van der Waals surface area (Å²) in [5.41, 5.74) is 3.94. The Bertz CT molecular complexity index is 1520. The van der Waals surface area contributed by atoms with Crippen LogP contribution in [0.15, 0.2) is 73.6 Å². The molecule has 2 atom stereocenters. The van der Waals surface area contributed by atoms with Gasteiger partial charge in [-0.1, -0.05) is 36.4 Å². The van der Waals surface area contributed by atoms with Crippen LogP contribution in [0.2, 0.25) is 0 Å². The Morgan fingerprint density at radius 2 is 1.07 bits per heavy atom. The van der Waals surface area contributed by atoms with Crippen molar-refractivity contribution in [1.82, 2.24) is 29.7 Å². The molecule has 4 amide bonds. The number of hydrogen-bond acceptors (Lipinski definition) is 6. The second-order valence-electron chi connectivity index (χ2n) is 10.8. The van der Waals surface area contributed by atoms with Crippen molar-refractivity contribution in [3.8, 4) is 0 Å². The van der Waals surface area contributed by atoms with Crippen molar-refractivity contribution in [1.29, 1.82) is 0 Å². The van der Waals surface area contributed by atoms with Crippen molar-refractivity contribution >= 4 is 47.2 Å². The molecule has 12 heteroatoms. The van der Waals surface area contributed by atoms with Gasteiger partial charge in [0, 0.05) is 24.5 Å². The van der Waals surface area contributed by atoms with Crippen LogP contribution in [0.1, 0.15) is 57.8 Å². The Hall–Kier alpha value is -5.52. The van der Waals surface area contributed by atoms with Crippen LogP contribution in [-0.2, 0) is 9.59 Å². The van der Waals surface area contributed by atoms with E-state index >= 15 is 0 Å². The third-order valence-electron chi connectivity index (χ3n) is 7.91. The number of hydrogen-bond donors (Lipinski definition) is 4. The number of H-pyrrole nitrogens is 2. The van der Waals surface area contributed by atoms with Crippen molar-refractivity contribution in [2.45, 2.75) is 37.8 Å². The summed E-state index contributed by atoms with van der Waals surface area (Å²) in [5, 5.41) is 5.86. The molecule has 2 saturated heterocycles. The number of carbonyl (C=O) groups is 4. The molecule has 4 N–H and O–H groups in total. The van der Waals surface area contributed by atoms with Crippen LogP contribution in [0.4, 0.5) is 11.4 Å². The highest BCUT2D eigenvalue weighted by Crippen LogP contribution is 2.23. The van der Waals surface area contributed by atoms with Gasteiger partial charge in [-0.05, 0) is 61.1 Å². The molecular weight excluding hydrogens is 560 g/mol. The van der Waals surface area contributed by atoms with Gasteiger partial charge in [-0.2, -0.15) is 0 Å². The number of aromatic amines is 2. The maximum Gasteiger partial charge on any atom is 0.272 e. The first-order chi connectivity index (χ1) is 21.5. The molecule has 44 heavy (non-hydrogen) atoms. The van der Waals surface area contributed by atoms with Crippen LogP contribution in [-0.4, -0.2) is 78.5 Å². The summed E-state index contributed by atoms with van der Waals surface area (Å²) in [6.07, 6.45) is 12.5. The maximum absolute atomic E-state index is 13.0. The first-order valence-corrected chi connectivity index (χ1v) is 14.5. The Kier molecular flexibility index (Phi) is 8.30. The first-order valence-electron chi connectivity index (χ1n) is 14.5. The number of nitrogens with zero attached hydrogens (tertiary/aromatic N) is 4. The fraction of sp³-hybridized carbons (Fsp3) is 0.250. The monoisotopic (exact) mass is 592 g/mol. The molecule has 12 nitrogen and oxygen atoms in total. The molecule has 2 fully saturated rings. The molecule has 0 saturated carbocycles. The minimum Gasteiger partial charge on any atom is -0.341 e. The average Bonchev–Trinajstić information content (AvgIpc) is 3.88. The quantitative estimate of drug-likeness (QED) is 0.228. The normalized spacial score (nSPS) is 18.1. The number of rotatable bonds is 8. The predicted molar refractivity (Wildman–Crippen MR) is 164 cm³/mol. The molecular formula is C32H32N8O4. The van der Waals surface area contributed by atoms with E-state index < -0.39 is 12.1 Å². The zero-order chi connectivity index (χ0) is 30.5. The smallest absolute Gasteiger partial charge is 0.272 e. The molecule has 0 aliphatic carbocycles. The van der Waals surface area contributed by atoms with E-state index in [9.17, 15) is 19.2 Å². The second kappa shape index (κ2) is 12.8. The van der Waals surface area contributed by atoms with Crippen LogP contribution in [0, 0.1) is 0 Å². The third kappa shape index (κ3) is 6.28. The largest absolute Gasteiger partial charge is 0.341 e. The Labute approximate surface area is 253 Å². The van der Waals surface area contributed by atoms with Gasteiger partial charge in [-0.3, -0.25) is 19.2 Å². The zero-order valence-electron chi connectivity index (χ0n) is 23.9. The zero-order valence-corrected chi connectivity index (χ0v) is 23.9. The lowest BCUT2D eigenvalue weighted by Crippen LogP contribution is -2.43. The van der Waals surface area contributed by atoms with Crippen molar-refractivity contribution in [3.05, 3.63) is 96.1 Å². The highest BCUT2D eigenvalue weighted by atomic mass is 16.2. The highest BCUT2D eigenvalue weighted by molar-refractivity contribution is 6.01. The SMILES string of the molecule is O=C(Nc1ccc(C=Cc2ccc(NC(=O)[C@@H]3CCCN3C(=O)c3cnc[nH]3)cc2)cc1)[C@@H]1CCCN1C(=O)c1cnc[nH]1. The summed E-state index contributed by atoms with van der Waals surface area (Å²) in [7, 11) is 0. The lowest BCUT2D eigenvalue weighted by atomic mass is 10.1. The number of aromatic nitrogens is 4. The molecule has 224 valence electrons. The van der Waals surface area contributed by atoms with E-state index in [1.165, 1.54) is 25.0 Å². The number of anilines is 2. The molecule has 2 aromatic carbocycles. The second-order valence-corrected chi connectivity index (χ2v) is 10.8. The Morgan fingerprint density at radius 1 is 0.659 bits per heavy atom. The number of carbonyl (C=O) groups excluding carboxylic acids is 4. The van der Waals surface area contributed by atoms with Gasteiger partial charge in [-0.25, -0.2) is 9.97 Å². The van der Waals surface area contributed by atoms with Gasteiger partial charge in [0.2, 0.25) is 11.8 Å². The summed E-state index contributed by atoms with van der Waals surface area (Å²) in [4.78, 5) is 68.0. The van der Waals surface area contributed by atoms with Gasteiger partial charge in [-0.15, -0.1) is 0 Å². The van der Waals surface area contributed by atoms with E-state index in [1.54, 1.807) is 9.80 Å². The van der Waals surface area contributed by atoms with Gasteiger partial charge in [0.1, 0.15) is 23.5 Å². The summed E-state index contributed by atoms with van der Waals surface area (Å²) in [5.74, 6) is -0.879. The fourth-order valence-electron chi connectivity index (χ4n) is 5.62. The number of likely N-dealkylation sites (tertiary alicyclic amines) is 2. The van der Waals surface area contributed by atoms with Gasteiger partial charge < -0.3 is 30.4 Å². The number of nitrogens with one attached hydrogen (secondary N) is 4. The van der Waals surface area contributed by atoms with Gasteiger partial charge >= 0.3 is 0 Å². The Morgan fingerprint density at radius 3 is 1.43 bits per heavy atom. The number of amides is 4. The van der Waals surface area contributed by atoms with E-state index in [0.717, 1.165) is 24.0 Å². The number of benzene rings is 2. The standard InChI is InChI=1S/C32H32N8O4/c41-29(27-3-1-15-39(27)31(43)25-17-33-19-35-25)37-23-11-7-21(8-12-23)5-6-22-9-13-24(14-10-22)38-30(42)28-4-2-16-40(28)32(44)26-18-34-20-36-26/h5-14,17-20,27-28H,1-4,15-16H2,(H,33,35)(H,34,36)(H,37,41)(H,38,42)/t27-,28-/m0/s1. The fourth-order valence-corrected chi connectivity index (χ4v) is 5.62. The van der Waals surface area contributed by atoms with Crippen molar-refractivity contribution in [2.24, 2.45) is 0 Å². The molecule has 4 heterocycles. The molecule has 4 aromatic rings. The minimum atomic E-state index is -0.528. The topological polar surface area (TPSA) is 156 Å². The van der Waals surface area contributed by atoms with Crippen molar-refractivity contribution < 1.29 is 19.2 Å². The lowest BCUT2D eigenvalue weighted by molar-refractivity contribution is -0.120. The summed E-state index contributed by atoms with van der Waals surface area (Å²) >= 11 is 0. The van der Waals surface area contributed by atoms with Crippen LogP contribution < -0.4 is 10.6 Å². The minimum absolute atomic E-state index is 0.212. The van der Waals surface area contributed by atoms with Gasteiger partial charge in [0.25, 0.3) is 11.8 Å². The molecule has 0 spiro atoms. The first kappa shape index (κ1) is 28.6. The Balaban J connectivity index is 1.01. The molecule has 2 aromatic heterocycles. The molecule has 0 radical (unpaired) electrons. The van der Waals surface area contributed by atoms with Crippen LogP contribution >= 0.6 is 0 Å². The van der Waals surface area contributed by atoms with Crippen molar-refractivity contribution in [3.63, 3.8) is 0 Å². The van der Waals surface area contributed by atoms with E-state index in [0.29, 0.717) is 48.7 Å². The van der Waals surface area contributed by atoms with Crippen LogP contribution in [0.3, 0.4) is 0 Å². The van der Waals surface area contributed by atoms with Crippen LogP contribution in [0.5, 0.6) is 0 Å². The van der Waals surface area contributed by atoms with E-state index in [2.05, 4.69) is 30.6 Å². The molecule has 0 unspecified atom stereocenters. The van der Waals surface area contributed by atoms with E-state index in [-0.39, 0.29) is 23.6 Å². The average molecular weight is 593 g/mol. The lowest BCUT2D eigenvalue weighted by Gasteiger charge is -2.23. The van der Waals surface area contributed by atoms with Gasteiger partial charge in [0.05, 0.1) is 25.0 Å². The molecule has 2 aliphatic rings. The number of imidazole rings is 2. The summed E-state index contributed by atoms with van der Waals surface area (Å²) in [6, 6.07) is 13.9.